The van der Waals surface area contributed by atoms with Gasteiger partial charge in [0, 0.05) is 25.2 Å². The van der Waals surface area contributed by atoms with Crippen LogP contribution >= 0.6 is 0 Å². The Kier molecular flexibility index (Phi) is 3.55. The highest BCUT2D eigenvalue weighted by Crippen LogP contribution is 2.29. The molecule has 1 atom stereocenters. The molecule has 106 valence electrons. The highest BCUT2D eigenvalue weighted by atomic mass is 16.6. The fourth-order valence-electron chi connectivity index (χ4n) is 2.29. The molecule has 1 aliphatic rings. The zero-order valence-corrected chi connectivity index (χ0v) is 10.5. The molecule has 0 aliphatic carbocycles. The third-order valence-electron chi connectivity index (χ3n) is 3.33. The third-order valence-corrected chi connectivity index (χ3v) is 3.33. The number of hydrogen-bond donors (Lipinski definition) is 2. The monoisotopic (exact) mass is 279 g/mol. The fourth-order valence-corrected chi connectivity index (χ4v) is 2.29. The molecule has 1 aromatic rings. The third kappa shape index (κ3) is 2.53. The number of amides is 1. The molecule has 3 N–H and O–H groups in total. The number of nitro benzene ring substituents is 1. The summed E-state index contributed by atoms with van der Waals surface area (Å²) in [6.45, 7) is 0.725. The van der Waals surface area contributed by atoms with E-state index in [0.29, 0.717) is 18.7 Å². The Labute approximate surface area is 113 Å². The Hall–Kier alpha value is -2.64. The van der Waals surface area contributed by atoms with E-state index in [1.54, 1.807) is 4.90 Å². The number of hydrogen-bond acceptors (Lipinski definition) is 5. The van der Waals surface area contributed by atoms with Gasteiger partial charge in [-0.15, -0.1) is 0 Å². The molecule has 0 saturated carbocycles. The van der Waals surface area contributed by atoms with Gasteiger partial charge in [0.1, 0.15) is 0 Å². The van der Waals surface area contributed by atoms with E-state index in [2.05, 4.69) is 0 Å². The first kappa shape index (κ1) is 13.8. The molecule has 1 aliphatic heterocycles. The van der Waals surface area contributed by atoms with Crippen LogP contribution in [0, 0.1) is 16.0 Å². The average molecular weight is 279 g/mol. The number of carboxylic acid groups (broad SMARTS) is 1. The van der Waals surface area contributed by atoms with Crippen molar-refractivity contribution in [2.75, 3.05) is 18.0 Å². The lowest BCUT2D eigenvalue weighted by atomic mass is 10.1. The van der Waals surface area contributed by atoms with Gasteiger partial charge in [0.2, 0.25) is 0 Å². The highest BCUT2D eigenvalue weighted by Gasteiger charge is 2.30. The number of primary amides is 1. The Morgan fingerprint density at radius 1 is 1.45 bits per heavy atom. The van der Waals surface area contributed by atoms with Crippen LogP contribution in [0.5, 0.6) is 0 Å². The van der Waals surface area contributed by atoms with Crippen LogP contribution in [0.2, 0.25) is 0 Å². The summed E-state index contributed by atoms with van der Waals surface area (Å²) in [5.41, 5.74) is 5.49. The zero-order chi connectivity index (χ0) is 14.9. The van der Waals surface area contributed by atoms with Gasteiger partial charge in [0.25, 0.3) is 11.6 Å². The number of benzene rings is 1. The molecule has 0 aromatic heterocycles. The number of nitrogens with two attached hydrogens (primary N) is 1. The van der Waals surface area contributed by atoms with Gasteiger partial charge in [0.15, 0.2) is 0 Å². The van der Waals surface area contributed by atoms with E-state index in [4.69, 9.17) is 10.8 Å². The minimum atomic E-state index is -0.893. The van der Waals surface area contributed by atoms with Crippen LogP contribution in [-0.4, -0.2) is 35.0 Å². The summed E-state index contributed by atoms with van der Waals surface area (Å²) in [6.07, 6.45) is 0.463. The van der Waals surface area contributed by atoms with Gasteiger partial charge < -0.3 is 15.7 Å². The smallest absolute Gasteiger partial charge is 0.308 e. The molecule has 8 nitrogen and oxygen atoms in total. The van der Waals surface area contributed by atoms with Crippen molar-refractivity contribution in [2.24, 2.45) is 11.7 Å². The van der Waals surface area contributed by atoms with Crippen molar-refractivity contribution in [3.8, 4) is 0 Å². The van der Waals surface area contributed by atoms with E-state index in [1.807, 2.05) is 0 Å². The van der Waals surface area contributed by atoms with Crippen LogP contribution in [-0.2, 0) is 4.79 Å². The molecule has 1 saturated heterocycles. The predicted molar refractivity (Wildman–Crippen MR) is 69.6 cm³/mol. The van der Waals surface area contributed by atoms with E-state index < -0.39 is 22.7 Å². The largest absolute Gasteiger partial charge is 0.481 e. The lowest BCUT2D eigenvalue weighted by Crippen LogP contribution is -2.25. The van der Waals surface area contributed by atoms with E-state index in [-0.39, 0.29) is 17.8 Å². The number of carbonyl (C=O) groups excluding carboxylic acids is 1. The molecule has 1 aromatic carbocycles. The zero-order valence-electron chi connectivity index (χ0n) is 10.5. The second-order valence-corrected chi connectivity index (χ2v) is 4.59. The van der Waals surface area contributed by atoms with Gasteiger partial charge in [-0.25, -0.2) is 0 Å². The Bertz CT molecular complexity index is 586. The lowest BCUT2D eigenvalue weighted by molar-refractivity contribution is -0.384. The quantitative estimate of drug-likeness (QED) is 0.614. The van der Waals surface area contributed by atoms with Crippen molar-refractivity contribution >= 4 is 23.3 Å². The van der Waals surface area contributed by atoms with Crippen LogP contribution in [0.15, 0.2) is 18.2 Å². The SMILES string of the molecule is NC(=O)c1cc([N+](=O)[O-])ccc1N1CCC(C(=O)O)C1. The van der Waals surface area contributed by atoms with Crippen molar-refractivity contribution in [1.82, 2.24) is 0 Å². The Morgan fingerprint density at radius 3 is 2.65 bits per heavy atom. The van der Waals surface area contributed by atoms with Gasteiger partial charge in [-0.1, -0.05) is 0 Å². The lowest BCUT2D eigenvalue weighted by Gasteiger charge is -2.20. The molecule has 1 amide bonds. The summed E-state index contributed by atoms with van der Waals surface area (Å²) >= 11 is 0. The molecule has 0 radical (unpaired) electrons. The molecule has 1 fully saturated rings. The van der Waals surface area contributed by atoms with Crippen LogP contribution in [0.3, 0.4) is 0 Å². The molecule has 1 heterocycles. The summed E-state index contributed by atoms with van der Waals surface area (Å²) < 4.78 is 0. The topological polar surface area (TPSA) is 127 Å². The van der Waals surface area contributed by atoms with E-state index in [9.17, 15) is 19.7 Å². The molecule has 1 unspecified atom stereocenters. The molecular weight excluding hydrogens is 266 g/mol. The van der Waals surface area contributed by atoms with Crippen molar-refractivity contribution in [3.63, 3.8) is 0 Å². The van der Waals surface area contributed by atoms with Crippen molar-refractivity contribution in [1.29, 1.82) is 0 Å². The highest BCUT2D eigenvalue weighted by molar-refractivity contribution is 5.99. The average Bonchev–Trinajstić information content (AvgIpc) is 2.87. The number of rotatable bonds is 4. The van der Waals surface area contributed by atoms with Crippen LogP contribution in [0.4, 0.5) is 11.4 Å². The number of carbonyl (C=O) groups is 2. The van der Waals surface area contributed by atoms with Gasteiger partial charge in [-0.05, 0) is 12.5 Å². The maximum atomic E-state index is 11.4. The number of anilines is 1. The van der Waals surface area contributed by atoms with Crippen molar-refractivity contribution < 1.29 is 19.6 Å². The number of nitrogens with zero attached hydrogens (tertiary/aromatic N) is 2. The second kappa shape index (κ2) is 5.16. The molecule has 8 heteroatoms. The number of aliphatic carboxylic acids is 1. The van der Waals surface area contributed by atoms with Gasteiger partial charge in [-0.2, -0.15) is 0 Å². The Morgan fingerprint density at radius 2 is 2.15 bits per heavy atom. The number of nitro groups is 1. The maximum Gasteiger partial charge on any atom is 0.308 e. The van der Waals surface area contributed by atoms with E-state index >= 15 is 0 Å². The normalized spacial score (nSPS) is 18.0. The minimum absolute atomic E-state index is 0.0326. The second-order valence-electron chi connectivity index (χ2n) is 4.59. The first-order valence-electron chi connectivity index (χ1n) is 5.96. The minimum Gasteiger partial charge on any atom is -0.481 e. The molecule has 2 rings (SSSR count). The summed E-state index contributed by atoms with van der Waals surface area (Å²) in [7, 11) is 0. The molecule has 0 bridgehead atoms. The number of non-ortho nitro benzene ring substituents is 1. The number of carboxylic acids is 1. The van der Waals surface area contributed by atoms with Gasteiger partial charge in [0.05, 0.1) is 22.1 Å². The summed E-state index contributed by atoms with van der Waals surface area (Å²) in [6, 6.07) is 3.82. The molecule has 20 heavy (non-hydrogen) atoms. The van der Waals surface area contributed by atoms with Gasteiger partial charge >= 0.3 is 5.97 Å². The Balaban J connectivity index is 2.35. The standard InChI is InChI=1S/C12H13N3O5/c13-11(16)9-5-8(15(19)20)1-2-10(9)14-4-3-7(6-14)12(17)18/h1-2,5,7H,3-4,6H2,(H2,13,16)(H,17,18). The summed E-state index contributed by atoms with van der Waals surface area (Å²) in [5, 5.41) is 19.7. The maximum absolute atomic E-state index is 11.4. The van der Waals surface area contributed by atoms with Crippen LogP contribution in [0.25, 0.3) is 0 Å². The van der Waals surface area contributed by atoms with Crippen LogP contribution in [0.1, 0.15) is 16.8 Å². The van der Waals surface area contributed by atoms with Crippen molar-refractivity contribution in [3.05, 3.63) is 33.9 Å². The first-order valence-corrected chi connectivity index (χ1v) is 5.96. The molecular formula is C12H13N3O5. The van der Waals surface area contributed by atoms with Gasteiger partial charge in [-0.3, -0.25) is 19.7 Å². The van der Waals surface area contributed by atoms with Crippen molar-refractivity contribution in [2.45, 2.75) is 6.42 Å². The van der Waals surface area contributed by atoms with E-state index in [1.165, 1.54) is 12.1 Å². The summed E-state index contributed by atoms with van der Waals surface area (Å²) in [5.74, 6) is -2.18. The van der Waals surface area contributed by atoms with Crippen LogP contribution < -0.4 is 10.6 Å². The fraction of sp³-hybridized carbons (Fsp3) is 0.333. The predicted octanol–water partition coefficient (Wildman–Crippen LogP) is 0.605. The van der Waals surface area contributed by atoms with E-state index in [0.717, 1.165) is 6.07 Å². The first-order chi connectivity index (χ1) is 9.40. The summed E-state index contributed by atoms with van der Waals surface area (Å²) in [4.78, 5) is 34.2. The molecule has 0 spiro atoms.